The largest absolute Gasteiger partial charge is 0.460 e. The van der Waals surface area contributed by atoms with Gasteiger partial charge in [-0.15, -0.1) is 0 Å². The summed E-state index contributed by atoms with van der Waals surface area (Å²) >= 11 is 0. The molecular weight excluding hydrogens is 216 g/mol. The first-order valence-corrected chi connectivity index (χ1v) is 6.52. The van der Waals surface area contributed by atoms with Gasteiger partial charge in [0.1, 0.15) is 5.60 Å². The van der Waals surface area contributed by atoms with E-state index in [0.29, 0.717) is 13.0 Å². The molecule has 0 rings (SSSR count). The average molecular weight is 244 g/mol. The zero-order valence-electron chi connectivity index (χ0n) is 12.3. The minimum atomic E-state index is -0.377. The van der Waals surface area contributed by atoms with Crippen molar-refractivity contribution in [3.8, 4) is 0 Å². The third-order valence-corrected chi connectivity index (χ3v) is 2.54. The lowest BCUT2D eigenvalue weighted by molar-refractivity contribution is -0.155. The van der Waals surface area contributed by atoms with E-state index in [2.05, 4.69) is 20.8 Å². The maximum Gasteiger partial charge on any atom is 0.306 e. The Labute approximate surface area is 106 Å². The average Bonchev–Trinajstić information content (AvgIpc) is 2.14. The molecule has 0 amide bonds. The van der Waals surface area contributed by atoms with E-state index in [9.17, 15) is 4.79 Å². The van der Waals surface area contributed by atoms with E-state index in [1.807, 2.05) is 20.8 Å². The van der Waals surface area contributed by atoms with Gasteiger partial charge in [-0.3, -0.25) is 4.79 Å². The van der Waals surface area contributed by atoms with Gasteiger partial charge in [0.25, 0.3) is 0 Å². The lowest BCUT2D eigenvalue weighted by Gasteiger charge is -2.23. The van der Waals surface area contributed by atoms with Crippen LogP contribution in [-0.2, 0) is 14.3 Å². The van der Waals surface area contributed by atoms with Crippen LogP contribution < -0.4 is 0 Å². The lowest BCUT2D eigenvalue weighted by atomic mass is 10.1. The minimum Gasteiger partial charge on any atom is -0.460 e. The first-order chi connectivity index (χ1) is 7.66. The zero-order valence-corrected chi connectivity index (χ0v) is 12.3. The summed E-state index contributed by atoms with van der Waals surface area (Å²) in [6.45, 7) is 12.7. The summed E-state index contributed by atoms with van der Waals surface area (Å²) in [5.74, 6) is -0.118. The van der Waals surface area contributed by atoms with E-state index in [1.165, 1.54) is 0 Å². The Balaban J connectivity index is 3.56. The number of ether oxygens (including phenoxy) is 2. The molecule has 0 radical (unpaired) electrons. The molecule has 0 aliphatic heterocycles. The molecule has 0 spiro atoms. The van der Waals surface area contributed by atoms with Crippen molar-refractivity contribution in [2.24, 2.45) is 0 Å². The quantitative estimate of drug-likeness (QED) is 0.506. The Morgan fingerprint density at radius 1 is 1.06 bits per heavy atom. The predicted molar refractivity (Wildman–Crippen MR) is 70.0 cm³/mol. The Bertz CT molecular complexity index is 226. The van der Waals surface area contributed by atoms with Crippen LogP contribution in [0.4, 0.5) is 0 Å². The Morgan fingerprint density at radius 3 is 2.12 bits per heavy atom. The maximum atomic E-state index is 11.4. The number of carbonyl (C=O) groups excluding carboxylic acids is 1. The van der Waals surface area contributed by atoms with Crippen molar-refractivity contribution in [3.05, 3.63) is 0 Å². The monoisotopic (exact) mass is 244 g/mol. The summed E-state index contributed by atoms with van der Waals surface area (Å²) in [6.07, 6.45) is 3.21. The van der Waals surface area contributed by atoms with Crippen molar-refractivity contribution in [1.29, 1.82) is 0 Å². The molecule has 0 heterocycles. The normalized spacial score (nSPS) is 12.6. The SMILES string of the molecule is CCC(C)(C)OCCCCC(=O)OC(C)(C)C. The van der Waals surface area contributed by atoms with Crippen molar-refractivity contribution < 1.29 is 14.3 Å². The molecule has 0 aromatic rings. The van der Waals surface area contributed by atoms with Crippen molar-refractivity contribution in [2.75, 3.05) is 6.61 Å². The fraction of sp³-hybridized carbons (Fsp3) is 0.929. The molecule has 0 aromatic heterocycles. The first kappa shape index (κ1) is 16.4. The van der Waals surface area contributed by atoms with Gasteiger partial charge in [0.05, 0.1) is 5.60 Å². The van der Waals surface area contributed by atoms with Gasteiger partial charge in [-0.1, -0.05) is 6.92 Å². The molecule has 0 saturated heterocycles. The van der Waals surface area contributed by atoms with Crippen molar-refractivity contribution in [1.82, 2.24) is 0 Å². The second-order valence-corrected chi connectivity index (χ2v) is 6.01. The highest BCUT2D eigenvalue weighted by Crippen LogP contribution is 2.15. The molecule has 102 valence electrons. The van der Waals surface area contributed by atoms with E-state index in [1.54, 1.807) is 0 Å². The second-order valence-electron chi connectivity index (χ2n) is 6.01. The van der Waals surface area contributed by atoms with Crippen LogP contribution in [0, 0.1) is 0 Å². The van der Waals surface area contributed by atoms with Crippen LogP contribution in [0.3, 0.4) is 0 Å². The van der Waals surface area contributed by atoms with Gasteiger partial charge in [0, 0.05) is 13.0 Å². The van der Waals surface area contributed by atoms with Gasteiger partial charge in [-0.25, -0.2) is 0 Å². The fourth-order valence-electron chi connectivity index (χ4n) is 1.21. The third kappa shape index (κ3) is 10.3. The summed E-state index contributed by atoms with van der Waals surface area (Å²) < 4.78 is 10.9. The number of rotatable bonds is 7. The molecule has 3 nitrogen and oxygen atoms in total. The number of hydrogen-bond acceptors (Lipinski definition) is 3. The topological polar surface area (TPSA) is 35.5 Å². The molecule has 0 fully saturated rings. The Hall–Kier alpha value is -0.570. The maximum absolute atomic E-state index is 11.4. The molecule has 0 aromatic carbocycles. The highest BCUT2D eigenvalue weighted by Gasteiger charge is 2.16. The van der Waals surface area contributed by atoms with Crippen LogP contribution in [-0.4, -0.2) is 23.8 Å². The first-order valence-electron chi connectivity index (χ1n) is 6.52. The summed E-state index contributed by atoms with van der Waals surface area (Å²) in [7, 11) is 0. The van der Waals surface area contributed by atoms with E-state index >= 15 is 0 Å². The van der Waals surface area contributed by atoms with E-state index in [0.717, 1.165) is 19.3 Å². The van der Waals surface area contributed by atoms with Crippen LogP contribution in [0.15, 0.2) is 0 Å². The van der Waals surface area contributed by atoms with Gasteiger partial charge in [0.2, 0.25) is 0 Å². The number of hydrogen-bond donors (Lipinski definition) is 0. The molecule has 0 atom stereocenters. The number of unbranched alkanes of at least 4 members (excludes halogenated alkanes) is 1. The molecule has 3 heteroatoms. The molecule has 0 unspecified atom stereocenters. The van der Waals surface area contributed by atoms with Crippen LogP contribution in [0.2, 0.25) is 0 Å². The summed E-state index contributed by atoms with van der Waals surface area (Å²) in [4.78, 5) is 11.4. The second kappa shape index (κ2) is 7.00. The van der Waals surface area contributed by atoms with Crippen molar-refractivity contribution >= 4 is 5.97 Å². The van der Waals surface area contributed by atoms with Gasteiger partial charge >= 0.3 is 5.97 Å². The fourth-order valence-corrected chi connectivity index (χ4v) is 1.21. The molecular formula is C14H28O3. The van der Waals surface area contributed by atoms with Crippen LogP contribution in [0.1, 0.15) is 67.2 Å². The van der Waals surface area contributed by atoms with Crippen LogP contribution in [0.25, 0.3) is 0 Å². The predicted octanol–water partition coefficient (Wildman–Crippen LogP) is 3.70. The summed E-state index contributed by atoms with van der Waals surface area (Å²) in [5.41, 5.74) is -0.427. The molecule has 0 aliphatic rings. The summed E-state index contributed by atoms with van der Waals surface area (Å²) in [5, 5.41) is 0. The molecule has 0 bridgehead atoms. The molecule has 17 heavy (non-hydrogen) atoms. The van der Waals surface area contributed by atoms with E-state index in [-0.39, 0.29) is 17.2 Å². The van der Waals surface area contributed by atoms with Crippen LogP contribution >= 0.6 is 0 Å². The standard InChI is InChI=1S/C14H28O3/c1-7-14(5,6)16-11-9-8-10-12(15)17-13(2,3)4/h7-11H2,1-6H3. The number of esters is 1. The molecule has 0 saturated carbocycles. The number of carbonyl (C=O) groups is 1. The minimum absolute atomic E-state index is 0.0497. The summed E-state index contributed by atoms with van der Waals surface area (Å²) in [6, 6.07) is 0. The smallest absolute Gasteiger partial charge is 0.306 e. The van der Waals surface area contributed by atoms with Crippen LogP contribution in [0.5, 0.6) is 0 Å². The van der Waals surface area contributed by atoms with Gasteiger partial charge < -0.3 is 9.47 Å². The lowest BCUT2D eigenvalue weighted by Crippen LogP contribution is -2.24. The third-order valence-electron chi connectivity index (χ3n) is 2.54. The zero-order chi connectivity index (χ0) is 13.5. The van der Waals surface area contributed by atoms with Crippen molar-refractivity contribution in [3.63, 3.8) is 0 Å². The Kier molecular flexibility index (Phi) is 6.76. The van der Waals surface area contributed by atoms with Gasteiger partial charge in [0.15, 0.2) is 0 Å². The Morgan fingerprint density at radius 2 is 1.65 bits per heavy atom. The van der Waals surface area contributed by atoms with E-state index in [4.69, 9.17) is 9.47 Å². The molecule has 0 aliphatic carbocycles. The van der Waals surface area contributed by atoms with E-state index < -0.39 is 0 Å². The van der Waals surface area contributed by atoms with Crippen molar-refractivity contribution in [2.45, 2.75) is 78.4 Å². The van der Waals surface area contributed by atoms with Gasteiger partial charge in [-0.2, -0.15) is 0 Å². The highest BCUT2D eigenvalue weighted by molar-refractivity contribution is 5.69. The highest BCUT2D eigenvalue weighted by atomic mass is 16.6. The molecule has 0 N–H and O–H groups in total. The van der Waals surface area contributed by atoms with Gasteiger partial charge in [-0.05, 0) is 53.9 Å².